The number of rotatable bonds is 8. The molecule has 1 aromatic rings. The zero-order valence-electron chi connectivity index (χ0n) is 12.1. The number of hydrogen-bond acceptors (Lipinski definition) is 2. The molecule has 0 radical (unpaired) electrons. The van der Waals surface area contributed by atoms with Crippen LogP contribution in [0.3, 0.4) is 0 Å². The van der Waals surface area contributed by atoms with Gasteiger partial charge in [-0.15, -0.1) is 23.6 Å². The van der Waals surface area contributed by atoms with E-state index in [1.54, 1.807) is 6.08 Å². The maximum Gasteiger partial charge on any atom is 0.188 e. The predicted octanol–water partition coefficient (Wildman–Crippen LogP) is 2.18. The number of aliphatic imine (C=N–C) groups is 1. The SMILES string of the molecule is Br.C=CCNC(N)=NCCCN(C)Cc1ccccc1. The Morgan fingerprint density at radius 2 is 2.10 bits per heavy atom. The van der Waals surface area contributed by atoms with Crippen LogP contribution in [0.1, 0.15) is 12.0 Å². The van der Waals surface area contributed by atoms with Crippen molar-refractivity contribution in [1.29, 1.82) is 0 Å². The summed E-state index contributed by atoms with van der Waals surface area (Å²) in [5, 5.41) is 2.96. The van der Waals surface area contributed by atoms with Gasteiger partial charge in [0.05, 0.1) is 0 Å². The predicted molar refractivity (Wildman–Crippen MR) is 92.4 cm³/mol. The van der Waals surface area contributed by atoms with Gasteiger partial charge in [0.15, 0.2) is 5.96 Å². The molecule has 4 nitrogen and oxygen atoms in total. The van der Waals surface area contributed by atoms with Crippen molar-refractivity contribution < 1.29 is 0 Å². The Hall–Kier alpha value is -1.33. The zero-order valence-corrected chi connectivity index (χ0v) is 13.8. The minimum atomic E-state index is 0. The molecule has 0 spiro atoms. The summed E-state index contributed by atoms with van der Waals surface area (Å²) >= 11 is 0. The van der Waals surface area contributed by atoms with Crippen molar-refractivity contribution in [3.63, 3.8) is 0 Å². The maximum absolute atomic E-state index is 5.68. The molecule has 112 valence electrons. The van der Waals surface area contributed by atoms with Gasteiger partial charge >= 0.3 is 0 Å². The molecule has 20 heavy (non-hydrogen) atoms. The lowest BCUT2D eigenvalue weighted by molar-refractivity contribution is 0.324. The smallest absolute Gasteiger partial charge is 0.188 e. The second-order valence-electron chi connectivity index (χ2n) is 4.51. The van der Waals surface area contributed by atoms with Crippen LogP contribution in [0.2, 0.25) is 0 Å². The third-order valence-electron chi connectivity index (χ3n) is 2.70. The molecule has 0 aliphatic carbocycles. The zero-order chi connectivity index (χ0) is 13.9. The van der Waals surface area contributed by atoms with Gasteiger partial charge in [0, 0.05) is 19.6 Å². The standard InChI is InChI=1S/C15H24N4.BrH/c1-3-10-17-15(16)18-11-7-12-19(2)13-14-8-5-4-6-9-14;/h3-6,8-9H,1,7,10-13H2,2H3,(H3,16,17,18);1H. The quantitative estimate of drug-likeness (QED) is 0.330. The summed E-state index contributed by atoms with van der Waals surface area (Å²) in [7, 11) is 2.12. The number of nitrogens with zero attached hydrogens (tertiary/aromatic N) is 2. The molecular weight excluding hydrogens is 316 g/mol. The number of hydrogen-bond donors (Lipinski definition) is 2. The fourth-order valence-corrected chi connectivity index (χ4v) is 1.75. The van der Waals surface area contributed by atoms with Crippen LogP contribution in [0.5, 0.6) is 0 Å². The van der Waals surface area contributed by atoms with Crippen LogP contribution in [0, 0.1) is 0 Å². The Morgan fingerprint density at radius 3 is 2.75 bits per heavy atom. The van der Waals surface area contributed by atoms with Crippen LogP contribution in [0.15, 0.2) is 48.0 Å². The van der Waals surface area contributed by atoms with Crippen molar-refractivity contribution >= 4 is 22.9 Å². The molecule has 3 N–H and O–H groups in total. The molecule has 0 heterocycles. The van der Waals surface area contributed by atoms with Gasteiger partial charge < -0.3 is 16.0 Å². The molecular formula is C15H25BrN4. The Kier molecular flexibility index (Phi) is 10.7. The summed E-state index contributed by atoms with van der Waals surface area (Å²) < 4.78 is 0. The first-order valence-corrected chi connectivity index (χ1v) is 6.59. The number of guanidine groups is 1. The Labute approximate surface area is 132 Å². The fourth-order valence-electron chi connectivity index (χ4n) is 1.75. The van der Waals surface area contributed by atoms with Crippen LogP contribution >= 0.6 is 17.0 Å². The van der Waals surface area contributed by atoms with Crippen LogP contribution in [0.25, 0.3) is 0 Å². The highest BCUT2D eigenvalue weighted by molar-refractivity contribution is 8.93. The Morgan fingerprint density at radius 1 is 1.40 bits per heavy atom. The summed E-state index contributed by atoms with van der Waals surface area (Å²) in [4.78, 5) is 6.54. The summed E-state index contributed by atoms with van der Waals surface area (Å²) in [5.41, 5.74) is 7.01. The molecule has 0 atom stereocenters. The van der Waals surface area contributed by atoms with E-state index in [0.29, 0.717) is 12.5 Å². The Bertz CT molecular complexity index is 392. The monoisotopic (exact) mass is 340 g/mol. The van der Waals surface area contributed by atoms with Crippen LogP contribution in [-0.2, 0) is 6.54 Å². The molecule has 0 saturated heterocycles. The van der Waals surface area contributed by atoms with E-state index < -0.39 is 0 Å². The van der Waals surface area contributed by atoms with E-state index in [4.69, 9.17) is 5.73 Å². The molecule has 5 heteroatoms. The lowest BCUT2D eigenvalue weighted by Gasteiger charge is -2.15. The van der Waals surface area contributed by atoms with Gasteiger partial charge in [0.2, 0.25) is 0 Å². The average molecular weight is 341 g/mol. The van der Waals surface area contributed by atoms with Crippen molar-refractivity contribution in [2.75, 3.05) is 26.7 Å². The van der Waals surface area contributed by atoms with Crippen LogP contribution in [-0.4, -0.2) is 37.5 Å². The van der Waals surface area contributed by atoms with Gasteiger partial charge in [-0.3, -0.25) is 4.99 Å². The number of nitrogens with one attached hydrogen (secondary N) is 1. The second-order valence-corrected chi connectivity index (χ2v) is 4.51. The average Bonchev–Trinajstić information content (AvgIpc) is 2.42. The lowest BCUT2D eigenvalue weighted by atomic mass is 10.2. The summed E-state index contributed by atoms with van der Waals surface area (Å²) in [6, 6.07) is 10.5. The largest absolute Gasteiger partial charge is 0.370 e. The van der Waals surface area contributed by atoms with Crippen LogP contribution < -0.4 is 11.1 Å². The second kappa shape index (κ2) is 11.5. The Balaban J connectivity index is 0.00000361. The van der Waals surface area contributed by atoms with Gasteiger partial charge in [-0.05, 0) is 25.6 Å². The van der Waals surface area contributed by atoms with Crippen molar-refractivity contribution in [3.05, 3.63) is 48.6 Å². The van der Waals surface area contributed by atoms with E-state index in [2.05, 4.69) is 53.1 Å². The fraction of sp³-hybridized carbons (Fsp3) is 0.400. The normalized spacial score (nSPS) is 11.0. The lowest BCUT2D eigenvalue weighted by Crippen LogP contribution is -2.32. The highest BCUT2D eigenvalue weighted by atomic mass is 79.9. The molecule has 0 aromatic heterocycles. The minimum absolute atomic E-state index is 0. The van der Waals surface area contributed by atoms with E-state index in [9.17, 15) is 0 Å². The summed E-state index contributed by atoms with van der Waals surface area (Å²) in [6.45, 7) is 6.99. The topological polar surface area (TPSA) is 53.6 Å². The molecule has 0 unspecified atom stereocenters. The highest BCUT2D eigenvalue weighted by Crippen LogP contribution is 2.02. The first kappa shape index (κ1) is 18.7. The van der Waals surface area contributed by atoms with E-state index in [0.717, 1.165) is 26.1 Å². The summed E-state index contributed by atoms with van der Waals surface area (Å²) in [6.07, 6.45) is 2.76. The summed E-state index contributed by atoms with van der Waals surface area (Å²) in [5.74, 6) is 0.491. The number of benzene rings is 1. The minimum Gasteiger partial charge on any atom is -0.370 e. The van der Waals surface area contributed by atoms with Crippen molar-refractivity contribution in [3.8, 4) is 0 Å². The first-order valence-electron chi connectivity index (χ1n) is 6.59. The molecule has 0 saturated carbocycles. The maximum atomic E-state index is 5.68. The van der Waals surface area contributed by atoms with Gasteiger partial charge in [0.25, 0.3) is 0 Å². The third kappa shape index (κ3) is 8.72. The van der Waals surface area contributed by atoms with Gasteiger partial charge in [-0.1, -0.05) is 36.4 Å². The van der Waals surface area contributed by atoms with Crippen LogP contribution in [0.4, 0.5) is 0 Å². The van der Waals surface area contributed by atoms with E-state index in [1.165, 1.54) is 5.56 Å². The van der Waals surface area contributed by atoms with E-state index in [-0.39, 0.29) is 17.0 Å². The van der Waals surface area contributed by atoms with E-state index >= 15 is 0 Å². The number of halogens is 1. The van der Waals surface area contributed by atoms with Gasteiger partial charge in [-0.25, -0.2) is 0 Å². The number of nitrogens with two attached hydrogens (primary N) is 1. The molecule has 0 amide bonds. The molecule has 1 aromatic carbocycles. The van der Waals surface area contributed by atoms with Crippen molar-refractivity contribution in [1.82, 2.24) is 10.2 Å². The molecule has 0 aliphatic rings. The van der Waals surface area contributed by atoms with Crippen molar-refractivity contribution in [2.45, 2.75) is 13.0 Å². The molecule has 0 bridgehead atoms. The molecule has 0 aliphatic heterocycles. The van der Waals surface area contributed by atoms with Gasteiger partial charge in [-0.2, -0.15) is 0 Å². The van der Waals surface area contributed by atoms with Gasteiger partial charge in [0.1, 0.15) is 0 Å². The third-order valence-corrected chi connectivity index (χ3v) is 2.70. The van der Waals surface area contributed by atoms with E-state index in [1.807, 2.05) is 6.07 Å². The molecule has 0 fully saturated rings. The highest BCUT2D eigenvalue weighted by Gasteiger charge is 1.99. The molecule has 1 rings (SSSR count). The van der Waals surface area contributed by atoms with Crippen molar-refractivity contribution in [2.24, 2.45) is 10.7 Å². The first-order chi connectivity index (χ1) is 9.22.